The van der Waals surface area contributed by atoms with Crippen LogP contribution in [0.5, 0.6) is 11.5 Å². The molecule has 0 saturated heterocycles. The van der Waals surface area contributed by atoms with Gasteiger partial charge in [-0.3, -0.25) is 4.79 Å². The van der Waals surface area contributed by atoms with Crippen LogP contribution < -0.4 is 20.1 Å². The fourth-order valence-corrected chi connectivity index (χ4v) is 2.18. The molecule has 25 heavy (non-hydrogen) atoms. The number of hydrogen-bond donors (Lipinski definition) is 2. The summed E-state index contributed by atoms with van der Waals surface area (Å²) >= 11 is 0. The summed E-state index contributed by atoms with van der Waals surface area (Å²) < 4.78 is 10.9. The zero-order valence-corrected chi connectivity index (χ0v) is 15.0. The maximum Gasteiger partial charge on any atom is 0.239 e. The molecular weight excluding hydrogens is 316 g/mol. The molecule has 0 heterocycles. The number of nitrogens with one attached hydrogen (secondary N) is 2. The molecule has 5 nitrogen and oxygen atoms in total. The Bertz CT molecular complexity index is 671. The van der Waals surface area contributed by atoms with Crippen molar-refractivity contribution in [2.45, 2.75) is 32.9 Å². The van der Waals surface area contributed by atoms with Crippen molar-refractivity contribution >= 4 is 11.6 Å². The maximum atomic E-state index is 12.0. The number of methoxy groups -OCH3 is 1. The molecule has 2 N–H and O–H groups in total. The third kappa shape index (κ3) is 6.37. The van der Waals surface area contributed by atoms with Crippen LogP contribution >= 0.6 is 0 Å². The predicted molar refractivity (Wildman–Crippen MR) is 100 cm³/mol. The molecule has 5 heteroatoms. The molecule has 0 bridgehead atoms. The Labute approximate surface area is 149 Å². The van der Waals surface area contributed by atoms with E-state index in [9.17, 15) is 4.79 Å². The van der Waals surface area contributed by atoms with Gasteiger partial charge in [0.25, 0.3) is 0 Å². The van der Waals surface area contributed by atoms with Crippen molar-refractivity contribution in [1.82, 2.24) is 5.32 Å². The van der Waals surface area contributed by atoms with E-state index in [0.29, 0.717) is 6.54 Å². The van der Waals surface area contributed by atoms with Gasteiger partial charge in [-0.25, -0.2) is 0 Å². The van der Waals surface area contributed by atoms with Gasteiger partial charge >= 0.3 is 0 Å². The van der Waals surface area contributed by atoms with Gasteiger partial charge in [0.15, 0.2) is 0 Å². The van der Waals surface area contributed by atoms with Gasteiger partial charge in [-0.2, -0.15) is 0 Å². The largest absolute Gasteiger partial charge is 0.497 e. The van der Waals surface area contributed by atoms with Gasteiger partial charge in [-0.1, -0.05) is 25.1 Å². The minimum absolute atomic E-state index is 0.0657. The maximum absolute atomic E-state index is 12.0. The number of carbonyl (C=O) groups excluding carboxylic acids is 1. The van der Waals surface area contributed by atoms with Crippen molar-refractivity contribution in [3.63, 3.8) is 0 Å². The van der Waals surface area contributed by atoms with Crippen LogP contribution in [0.3, 0.4) is 0 Å². The summed E-state index contributed by atoms with van der Waals surface area (Å²) in [5.41, 5.74) is 1.89. The molecule has 1 unspecified atom stereocenters. The van der Waals surface area contributed by atoms with E-state index in [0.717, 1.165) is 29.2 Å². The van der Waals surface area contributed by atoms with Crippen LogP contribution in [0.2, 0.25) is 0 Å². The van der Waals surface area contributed by atoms with Crippen LogP contribution in [0.1, 0.15) is 25.8 Å². The van der Waals surface area contributed by atoms with Gasteiger partial charge < -0.3 is 20.1 Å². The average molecular weight is 342 g/mol. The van der Waals surface area contributed by atoms with Crippen molar-refractivity contribution in [3.8, 4) is 11.5 Å². The molecule has 2 aromatic rings. The van der Waals surface area contributed by atoms with Gasteiger partial charge in [-0.15, -0.1) is 0 Å². The lowest BCUT2D eigenvalue weighted by molar-refractivity contribution is -0.119. The summed E-state index contributed by atoms with van der Waals surface area (Å²) in [6.07, 6.45) is 1.12. The van der Waals surface area contributed by atoms with Crippen molar-refractivity contribution in [2.24, 2.45) is 0 Å². The Kier molecular flexibility index (Phi) is 7.14. The summed E-state index contributed by atoms with van der Waals surface area (Å²) in [4.78, 5) is 12.0. The predicted octanol–water partition coefficient (Wildman–Crippen LogP) is 3.60. The molecule has 0 saturated carbocycles. The number of ether oxygens (including phenoxy) is 2. The molecular formula is C20H26N2O3. The number of hydrogen-bond acceptors (Lipinski definition) is 4. The highest BCUT2D eigenvalue weighted by Gasteiger charge is 2.04. The van der Waals surface area contributed by atoms with Crippen LogP contribution in [0, 0.1) is 0 Å². The van der Waals surface area contributed by atoms with Crippen LogP contribution in [0.4, 0.5) is 5.69 Å². The highest BCUT2D eigenvalue weighted by Crippen LogP contribution is 2.19. The van der Waals surface area contributed by atoms with Gasteiger partial charge in [0, 0.05) is 18.3 Å². The Morgan fingerprint density at radius 1 is 1.12 bits per heavy atom. The molecule has 1 amide bonds. The monoisotopic (exact) mass is 342 g/mol. The number of benzene rings is 2. The number of carbonyl (C=O) groups is 1. The van der Waals surface area contributed by atoms with Crippen LogP contribution in [-0.4, -0.2) is 25.7 Å². The van der Waals surface area contributed by atoms with Crippen molar-refractivity contribution in [3.05, 3.63) is 54.1 Å². The first kappa shape index (κ1) is 18.6. The zero-order chi connectivity index (χ0) is 18.1. The molecule has 0 spiro atoms. The molecule has 0 radical (unpaired) electrons. The number of amides is 1. The normalized spacial score (nSPS) is 11.5. The highest BCUT2D eigenvalue weighted by molar-refractivity contribution is 5.80. The van der Waals surface area contributed by atoms with Gasteiger partial charge in [-0.05, 0) is 43.2 Å². The lowest BCUT2D eigenvalue weighted by Gasteiger charge is -2.14. The molecule has 1 atom stereocenters. The Hall–Kier alpha value is -2.69. The minimum Gasteiger partial charge on any atom is -0.497 e. The lowest BCUT2D eigenvalue weighted by Crippen LogP contribution is -2.29. The second kappa shape index (κ2) is 9.57. The molecule has 0 fully saturated rings. The van der Waals surface area contributed by atoms with E-state index in [1.165, 1.54) is 0 Å². The highest BCUT2D eigenvalue weighted by atomic mass is 16.5. The SMILES string of the molecule is CCC(C)Oc1cccc(NCC(=O)NCc2ccc(OC)cc2)c1. The smallest absolute Gasteiger partial charge is 0.239 e. The molecule has 134 valence electrons. The van der Waals surface area contributed by atoms with Crippen LogP contribution in [-0.2, 0) is 11.3 Å². The van der Waals surface area contributed by atoms with Gasteiger partial charge in [0.05, 0.1) is 19.8 Å². The number of anilines is 1. The van der Waals surface area contributed by atoms with Gasteiger partial charge in [0.1, 0.15) is 11.5 Å². The van der Waals surface area contributed by atoms with E-state index >= 15 is 0 Å². The van der Waals surface area contributed by atoms with Crippen LogP contribution in [0.15, 0.2) is 48.5 Å². The fraction of sp³-hybridized carbons (Fsp3) is 0.350. The first-order valence-electron chi connectivity index (χ1n) is 8.51. The third-order valence-electron chi connectivity index (χ3n) is 3.85. The van der Waals surface area contributed by atoms with Crippen LogP contribution in [0.25, 0.3) is 0 Å². The quantitative estimate of drug-likeness (QED) is 0.731. The Morgan fingerprint density at radius 3 is 2.56 bits per heavy atom. The molecule has 0 aliphatic heterocycles. The first-order valence-corrected chi connectivity index (χ1v) is 8.51. The van der Waals surface area contributed by atoms with Crippen molar-refractivity contribution in [2.75, 3.05) is 19.0 Å². The number of rotatable bonds is 9. The van der Waals surface area contributed by atoms with E-state index in [1.54, 1.807) is 7.11 Å². The molecule has 2 aromatic carbocycles. The molecule has 2 rings (SSSR count). The summed E-state index contributed by atoms with van der Waals surface area (Å²) in [7, 11) is 1.63. The second-order valence-corrected chi connectivity index (χ2v) is 5.84. The Balaban J connectivity index is 1.78. The summed E-state index contributed by atoms with van der Waals surface area (Å²) in [6, 6.07) is 15.3. The van der Waals surface area contributed by atoms with E-state index in [1.807, 2.05) is 55.5 Å². The van der Waals surface area contributed by atoms with E-state index in [2.05, 4.69) is 17.6 Å². The standard InChI is InChI=1S/C20H26N2O3/c1-4-15(2)25-19-7-5-6-17(12-19)21-14-20(23)22-13-16-8-10-18(24-3)11-9-16/h5-12,15,21H,4,13-14H2,1-3H3,(H,22,23). The molecule has 0 aliphatic carbocycles. The Morgan fingerprint density at radius 2 is 1.88 bits per heavy atom. The molecule has 0 aliphatic rings. The third-order valence-corrected chi connectivity index (χ3v) is 3.85. The van der Waals surface area contributed by atoms with E-state index < -0.39 is 0 Å². The minimum atomic E-state index is -0.0657. The second-order valence-electron chi connectivity index (χ2n) is 5.84. The summed E-state index contributed by atoms with van der Waals surface area (Å²) in [6.45, 7) is 4.82. The topological polar surface area (TPSA) is 59.6 Å². The van der Waals surface area contributed by atoms with E-state index in [4.69, 9.17) is 9.47 Å². The molecule has 0 aromatic heterocycles. The summed E-state index contributed by atoms with van der Waals surface area (Å²) in [5.74, 6) is 1.54. The fourth-order valence-electron chi connectivity index (χ4n) is 2.18. The van der Waals surface area contributed by atoms with E-state index in [-0.39, 0.29) is 18.6 Å². The average Bonchev–Trinajstić information content (AvgIpc) is 2.65. The first-order chi connectivity index (χ1) is 12.1. The van der Waals surface area contributed by atoms with Gasteiger partial charge in [0.2, 0.25) is 5.91 Å². The van der Waals surface area contributed by atoms with Crippen molar-refractivity contribution in [1.29, 1.82) is 0 Å². The van der Waals surface area contributed by atoms with Crippen molar-refractivity contribution < 1.29 is 14.3 Å². The lowest BCUT2D eigenvalue weighted by atomic mass is 10.2. The zero-order valence-electron chi connectivity index (χ0n) is 15.0. The summed E-state index contributed by atoms with van der Waals surface area (Å²) in [5, 5.41) is 6.01.